The first-order valence-corrected chi connectivity index (χ1v) is 11.0. The van der Waals surface area contributed by atoms with E-state index in [4.69, 9.17) is 0 Å². The van der Waals surface area contributed by atoms with Crippen LogP contribution in [0.2, 0.25) is 0 Å². The van der Waals surface area contributed by atoms with Gasteiger partial charge < -0.3 is 20.4 Å². The van der Waals surface area contributed by atoms with E-state index in [9.17, 15) is 4.79 Å². The molecule has 2 saturated heterocycles. The highest BCUT2D eigenvalue weighted by Crippen LogP contribution is 2.25. The van der Waals surface area contributed by atoms with Crippen LogP contribution in [0, 0.1) is 5.92 Å². The maximum Gasteiger partial charge on any atom is 0.220 e. The largest absolute Gasteiger partial charge is 0.370 e. The number of piperidine rings is 2. The number of aromatic nitrogens is 2. The van der Waals surface area contributed by atoms with E-state index in [1.54, 1.807) is 6.33 Å². The molecule has 7 nitrogen and oxygen atoms in total. The van der Waals surface area contributed by atoms with Crippen LogP contribution >= 0.6 is 0 Å². The molecule has 0 spiro atoms. The lowest BCUT2D eigenvalue weighted by molar-refractivity contribution is -0.121. The van der Waals surface area contributed by atoms with Gasteiger partial charge in [0.25, 0.3) is 0 Å². The van der Waals surface area contributed by atoms with Gasteiger partial charge in [0.1, 0.15) is 18.0 Å². The number of hydrogen-bond acceptors (Lipinski definition) is 6. The summed E-state index contributed by atoms with van der Waals surface area (Å²) in [7, 11) is 0. The first-order valence-electron chi connectivity index (χ1n) is 11.0. The summed E-state index contributed by atoms with van der Waals surface area (Å²) in [5, 5.41) is 6.35. The normalized spacial score (nSPS) is 18.8. The number of hydrogen-bond donors (Lipinski definition) is 2. The fourth-order valence-electron chi connectivity index (χ4n) is 4.21. The quantitative estimate of drug-likeness (QED) is 0.677. The summed E-state index contributed by atoms with van der Waals surface area (Å²) in [5.41, 5.74) is 0. The van der Waals surface area contributed by atoms with Crippen molar-refractivity contribution in [3.63, 3.8) is 0 Å². The molecule has 0 aromatic carbocycles. The van der Waals surface area contributed by atoms with Crippen molar-refractivity contribution in [3.05, 3.63) is 12.4 Å². The standard InChI is InChI=1S/C21H36N6O/c1-2-22-19-16-20(25-17-24-19)27-13-8-18(9-14-27)6-7-21(28)23-10-15-26-11-4-3-5-12-26/h16-18H,2-15H2,1H3,(H,23,28)(H,22,24,25). The van der Waals surface area contributed by atoms with Crippen LogP contribution in [0.4, 0.5) is 11.6 Å². The lowest BCUT2D eigenvalue weighted by Crippen LogP contribution is -2.38. The summed E-state index contributed by atoms with van der Waals surface area (Å²) >= 11 is 0. The molecule has 0 unspecified atom stereocenters. The fraction of sp³-hybridized carbons (Fsp3) is 0.762. The Morgan fingerprint density at radius 2 is 1.93 bits per heavy atom. The minimum Gasteiger partial charge on any atom is -0.370 e. The van der Waals surface area contributed by atoms with Crippen molar-refractivity contribution in [3.8, 4) is 0 Å². The monoisotopic (exact) mass is 388 g/mol. The van der Waals surface area contributed by atoms with E-state index in [-0.39, 0.29) is 5.91 Å². The fourth-order valence-corrected chi connectivity index (χ4v) is 4.21. The Balaban J connectivity index is 1.30. The first-order chi connectivity index (χ1) is 13.7. The predicted molar refractivity (Wildman–Crippen MR) is 114 cm³/mol. The van der Waals surface area contributed by atoms with Crippen molar-refractivity contribution in [2.24, 2.45) is 5.92 Å². The maximum atomic E-state index is 12.1. The van der Waals surface area contributed by atoms with Crippen LogP contribution in [0.15, 0.2) is 12.4 Å². The highest BCUT2D eigenvalue weighted by Gasteiger charge is 2.21. The van der Waals surface area contributed by atoms with Gasteiger partial charge in [-0.05, 0) is 58.0 Å². The molecular weight excluding hydrogens is 352 g/mol. The highest BCUT2D eigenvalue weighted by atomic mass is 16.1. The SMILES string of the molecule is CCNc1cc(N2CCC(CCC(=O)NCCN3CCCCC3)CC2)ncn1. The highest BCUT2D eigenvalue weighted by molar-refractivity contribution is 5.75. The zero-order chi connectivity index (χ0) is 19.6. The Labute approximate surface area is 169 Å². The third kappa shape index (κ3) is 6.62. The minimum absolute atomic E-state index is 0.213. The van der Waals surface area contributed by atoms with Crippen molar-refractivity contribution >= 4 is 17.5 Å². The molecule has 2 N–H and O–H groups in total. The van der Waals surface area contributed by atoms with Gasteiger partial charge in [-0.15, -0.1) is 0 Å². The summed E-state index contributed by atoms with van der Waals surface area (Å²) in [4.78, 5) is 25.6. The lowest BCUT2D eigenvalue weighted by Gasteiger charge is -2.32. The van der Waals surface area contributed by atoms with Crippen LogP contribution in [-0.4, -0.2) is 66.6 Å². The number of anilines is 2. The smallest absolute Gasteiger partial charge is 0.220 e. The number of carbonyl (C=O) groups excluding carboxylic acids is 1. The van der Waals surface area contributed by atoms with E-state index in [1.807, 2.05) is 6.07 Å². The number of amides is 1. The number of likely N-dealkylation sites (tertiary alicyclic amines) is 1. The van der Waals surface area contributed by atoms with Crippen molar-refractivity contribution < 1.29 is 4.79 Å². The second kappa shape index (κ2) is 11.2. The molecule has 0 radical (unpaired) electrons. The van der Waals surface area contributed by atoms with Crippen LogP contribution in [0.3, 0.4) is 0 Å². The molecule has 0 saturated carbocycles. The zero-order valence-electron chi connectivity index (χ0n) is 17.3. The van der Waals surface area contributed by atoms with E-state index >= 15 is 0 Å². The minimum atomic E-state index is 0.213. The van der Waals surface area contributed by atoms with Gasteiger partial charge in [-0.25, -0.2) is 9.97 Å². The van der Waals surface area contributed by atoms with Gasteiger partial charge >= 0.3 is 0 Å². The van der Waals surface area contributed by atoms with E-state index < -0.39 is 0 Å². The van der Waals surface area contributed by atoms with Crippen molar-refractivity contribution in [1.82, 2.24) is 20.2 Å². The van der Waals surface area contributed by atoms with Crippen LogP contribution in [-0.2, 0) is 4.79 Å². The van der Waals surface area contributed by atoms with Crippen molar-refractivity contribution in [2.45, 2.75) is 51.9 Å². The molecule has 7 heteroatoms. The summed E-state index contributed by atoms with van der Waals surface area (Å²) in [6, 6.07) is 2.03. The van der Waals surface area contributed by atoms with Gasteiger partial charge in [0.2, 0.25) is 5.91 Å². The molecule has 1 aromatic rings. The summed E-state index contributed by atoms with van der Waals surface area (Å²) < 4.78 is 0. The Kier molecular flexibility index (Phi) is 8.33. The van der Waals surface area contributed by atoms with Gasteiger partial charge in [-0.3, -0.25) is 4.79 Å². The number of nitrogens with one attached hydrogen (secondary N) is 2. The molecule has 2 fully saturated rings. The Hall–Kier alpha value is -1.89. The van der Waals surface area contributed by atoms with Crippen LogP contribution in [0.25, 0.3) is 0 Å². The third-order valence-corrected chi connectivity index (χ3v) is 5.93. The van der Waals surface area contributed by atoms with Crippen molar-refractivity contribution in [2.75, 3.05) is 56.0 Å². The van der Waals surface area contributed by atoms with Crippen molar-refractivity contribution in [1.29, 1.82) is 0 Å². The zero-order valence-corrected chi connectivity index (χ0v) is 17.3. The third-order valence-electron chi connectivity index (χ3n) is 5.93. The summed E-state index contributed by atoms with van der Waals surface area (Å²) in [6.45, 7) is 9.11. The number of nitrogens with zero attached hydrogens (tertiary/aromatic N) is 4. The van der Waals surface area contributed by atoms with Crippen LogP contribution in [0.5, 0.6) is 0 Å². The average molecular weight is 389 g/mol. The molecule has 0 bridgehead atoms. The average Bonchev–Trinajstić information content (AvgIpc) is 2.74. The first kappa shape index (κ1) is 20.8. The topological polar surface area (TPSA) is 73.4 Å². The molecule has 28 heavy (non-hydrogen) atoms. The lowest BCUT2D eigenvalue weighted by atomic mass is 9.92. The molecule has 3 heterocycles. The van der Waals surface area contributed by atoms with Gasteiger partial charge in [0.05, 0.1) is 0 Å². The Bertz CT molecular complexity index is 596. The maximum absolute atomic E-state index is 12.1. The van der Waals surface area contributed by atoms with Gasteiger partial charge in [0.15, 0.2) is 0 Å². The summed E-state index contributed by atoms with van der Waals surface area (Å²) in [5.74, 6) is 2.74. The Morgan fingerprint density at radius 3 is 2.68 bits per heavy atom. The molecule has 0 aliphatic carbocycles. The van der Waals surface area contributed by atoms with E-state index in [0.29, 0.717) is 12.3 Å². The van der Waals surface area contributed by atoms with Gasteiger partial charge in [0, 0.05) is 45.2 Å². The van der Waals surface area contributed by atoms with E-state index in [1.165, 1.54) is 32.4 Å². The molecule has 3 rings (SSSR count). The number of carbonyl (C=O) groups is 1. The number of rotatable bonds is 9. The molecule has 2 aliphatic rings. The molecule has 1 amide bonds. The molecule has 156 valence electrons. The second-order valence-electron chi connectivity index (χ2n) is 8.01. The predicted octanol–water partition coefficient (Wildman–Crippen LogP) is 2.51. The van der Waals surface area contributed by atoms with E-state index in [0.717, 1.165) is 63.6 Å². The van der Waals surface area contributed by atoms with E-state index in [2.05, 4.69) is 37.3 Å². The second-order valence-corrected chi connectivity index (χ2v) is 8.01. The van der Waals surface area contributed by atoms with Gasteiger partial charge in [-0.2, -0.15) is 0 Å². The molecule has 2 aliphatic heterocycles. The van der Waals surface area contributed by atoms with Gasteiger partial charge in [-0.1, -0.05) is 6.42 Å². The molecular formula is C21H36N6O. The van der Waals surface area contributed by atoms with Crippen LogP contribution in [0.1, 0.15) is 51.9 Å². The molecule has 1 aromatic heterocycles. The Morgan fingerprint density at radius 1 is 1.14 bits per heavy atom. The van der Waals surface area contributed by atoms with Crippen LogP contribution < -0.4 is 15.5 Å². The molecule has 0 atom stereocenters. The summed E-state index contributed by atoms with van der Waals surface area (Å²) in [6.07, 6.45) is 9.50.